The maximum atomic E-state index is 8.81. The van der Waals surface area contributed by atoms with Gasteiger partial charge in [-0.1, -0.05) is 0 Å². The van der Waals surface area contributed by atoms with Crippen molar-refractivity contribution in [2.45, 2.75) is 0 Å². The van der Waals surface area contributed by atoms with Crippen LogP contribution in [0.15, 0.2) is 0 Å². The van der Waals surface area contributed by atoms with E-state index in [-0.39, 0.29) is 19.8 Å². The van der Waals surface area contributed by atoms with E-state index in [1.165, 1.54) is 0 Å². The molecule has 6 N–H and O–H groups in total. The molecule has 0 aromatic carbocycles. The average molecular weight is 601 g/mol. The van der Waals surface area contributed by atoms with Gasteiger partial charge in [0.15, 0.2) is 0 Å². The number of rotatable bonds is 0. The van der Waals surface area contributed by atoms with Crippen LogP contribution in [0.4, 0.5) is 0 Å². The number of hydrogen-bond acceptors (Lipinski definition) is 3. The molecule has 2 atom stereocenters. The molecule has 0 aliphatic heterocycles. The van der Waals surface area contributed by atoms with Crippen molar-refractivity contribution in [1.29, 1.82) is 0 Å². The van der Waals surface area contributed by atoms with Crippen molar-refractivity contribution in [2.24, 2.45) is 0 Å². The van der Waals surface area contributed by atoms with E-state index in [2.05, 4.69) is 0 Å². The predicted octanol–water partition coefficient (Wildman–Crippen LogP) is -4.72. The van der Waals surface area contributed by atoms with E-state index < -0.39 is 61.1 Å². The Morgan fingerprint density at radius 2 is 0.500 bits per heavy atom. The Hall–Kier alpha value is 2.39. The van der Waals surface area contributed by atoms with Crippen molar-refractivity contribution in [3.8, 4) is 0 Å². The van der Waals surface area contributed by atoms with Crippen LogP contribution in [0.1, 0.15) is 0 Å². The normalized spacial score (nSPS) is 7.50. The summed E-state index contributed by atoms with van der Waals surface area (Å²) in [6.07, 6.45) is 0. The minimum absolute atomic E-state index is 0. The van der Waals surface area contributed by atoms with Gasteiger partial charge in [-0.05, 0) is 0 Å². The molecule has 0 aliphatic rings. The zero-order chi connectivity index (χ0) is 10.7. The van der Waals surface area contributed by atoms with Crippen molar-refractivity contribution in [2.75, 3.05) is 0 Å². The Kier molecular flexibility index (Phi) is 52.5. The maximum absolute atomic E-state index is 8.81. The second-order valence-electron chi connectivity index (χ2n) is 0.692. The van der Waals surface area contributed by atoms with Gasteiger partial charge in [-0.15, -0.1) is 0 Å². The van der Waals surface area contributed by atoms with Crippen LogP contribution in [0.5, 0.6) is 0 Å². The van der Waals surface area contributed by atoms with Gasteiger partial charge in [-0.2, -0.15) is 19.8 Å². The van der Waals surface area contributed by atoms with E-state index in [0.29, 0.717) is 0 Å². The Labute approximate surface area is 110 Å². The molecule has 0 aliphatic carbocycles. The fourth-order valence-electron chi connectivity index (χ4n) is 0. The van der Waals surface area contributed by atoms with Crippen LogP contribution in [0, 0.1) is 0 Å². The standard InChI is InChI=1S/3H2O3Te.2H3P/c3*1-4(2)3;;/h3*(H2,1,2,3);2*1H3. The molecular formula is H12O9P2Te3. The molecule has 0 bridgehead atoms. The molecule has 14 heteroatoms. The Bertz CT molecular complexity index is 116. The third-order valence-corrected chi connectivity index (χ3v) is 0. The van der Waals surface area contributed by atoms with Crippen LogP contribution in [-0.2, 0) is 9.31 Å². The molecule has 0 aromatic heterocycles. The molecular weight excluding hydrogens is 589 g/mol. The summed E-state index contributed by atoms with van der Waals surface area (Å²) in [7, 11) is 0. The Morgan fingerprint density at radius 3 is 0.500 bits per heavy atom. The Balaban J connectivity index is -0.0000000270. The van der Waals surface area contributed by atoms with Crippen LogP contribution in [0.2, 0.25) is 0 Å². The number of hydrogen-bond donors (Lipinski definition) is 6. The first kappa shape index (κ1) is 29.9. The van der Waals surface area contributed by atoms with E-state index in [1.807, 2.05) is 0 Å². The average Bonchev–Trinajstić information content (AvgIpc) is 1.54. The van der Waals surface area contributed by atoms with Crippen molar-refractivity contribution >= 4 is 80.9 Å². The molecule has 14 heavy (non-hydrogen) atoms. The third-order valence-electron chi connectivity index (χ3n) is 0. The fraction of sp³-hybridized carbons (Fsp3) is 0. The van der Waals surface area contributed by atoms with Crippen LogP contribution in [0.25, 0.3) is 0 Å². The summed E-state index contributed by atoms with van der Waals surface area (Å²) in [5, 5.41) is 0. The summed E-state index contributed by atoms with van der Waals surface area (Å²) in [6.45, 7) is 0. The summed E-state index contributed by atoms with van der Waals surface area (Å²) in [5.74, 6) is 0. The molecule has 2 unspecified atom stereocenters. The van der Waals surface area contributed by atoms with Gasteiger partial charge in [0, 0.05) is 0 Å². The smallest absolute Gasteiger partial charge is 0.153 e. The third kappa shape index (κ3) is 452. The van der Waals surface area contributed by atoms with Crippen molar-refractivity contribution in [1.82, 2.24) is 0 Å². The van der Waals surface area contributed by atoms with Gasteiger partial charge in [0.05, 0.1) is 0 Å². The van der Waals surface area contributed by atoms with E-state index in [0.717, 1.165) is 0 Å². The molecule has 0 rings (SSSR count). The SMILES string of the molecule is O=[Te](O)O.O=[Te](O)O.O=[Te](O)O.P.P. The van der Waals surface area contributed by atoms with Crippen molar-refractivity contribution < 1.29 is 30.1 Å². The van der Waals surface area contributed by atoms with Gasteiger partial charge in [0.25, 0.3) is 0 Å². The van der Waals surface area contributed by atoms with Crippen LogP contribution in [-0.4, -0.2) is 81.9 Å². The largest absolute Gasteiger partial charge is 0.153 e. The van der Waals surface area contributed by atoms with E-state index >= 15 is 0 Å². The maximum Gasteiger partial charge on any atom is -0.153 e. The van der Waals surface area contributed by atoms with Gasteiger partial charge in [-0.25, -0.2) is 0 Å². The van der Waals surface area contributed by atoms with Crippen LogP contribution >= 0.6 is 19.8 Å². The molecule has 94 valence electrons. The van der Waals surface area contributed by atoms with Crippen molar-refractivity contribution in [3.05, 3.63) is 0 Å². The molecule has 9 nitrogen and oxygen atoms in total. The molecule has 0 saturated carbocycles. The summed E-state index contributed by atoms with van der Waals surface area (Å²) in [5.41, 5.74) is 0. The molecule has 0 radical (unpaired) electrons. The van der Waals surface area contributed by atoms with Gasteiger partial charge >= 0.3 is 91.2 Å². The zero-order valence-corrected chi connectivity index (χ0v) is 16.4. The molecule has 0 spiro atoms. The molecule has 0 heterocycles. The van der Waals surface area contributed by atoms with Gasteiger partial charge in [-0.3, -0.25) is 0 Å². The van der Waals surface area contributed by atoms with Gasteiger partial charge < -0.3 is 0 Å². The summed E-state index contributed by atoms with van der Waals surface area (Å²) >= 11 is -10.8. The molecule has 0 fully saturated rings. The van der Waals surface area contributed by atoms with Gasteiger partial charge in [0.2, 0.25) is 0 Å². The fourth-order valence-corrected chi connectivity index (χ4v) is 0. The summed E-state index contributed by atoms with van der Waals surface area (Å²) in [6, 6.07) is 0. The second-order valence-corrected chi connectivity index (χ2v) is 4.64. The molecule has 0 saturated heterocycles. The van der Waals surface area contributed by atoms with E-state index in [4.69, 9.17) is 30.1 Å². The van der Waals surface area contributed by atoms with Gasteiger partial charge in [0.1, 0.15) is 0 Å². The van der Waals surface area contributed by atoms with Crippen molar-refractivity contribution in [3.63, 3.8) is 0 Å². The second kappa shape index (κ2) is 24.6. The quantitative estimate of drug-likeness (QED) is 0.118. The molecule has 0 aromatic rings. The van der Waals surface area contributed by atoms with E-state index in [1.54, 1.807) is 0 Å². The van der Waals surface area contributed by atoms with Crippen LogP contribution in [0.3, 0.4) is 0 Å². The first-order valence-electron chi connectivity index (χ1n) is 1.60. The minimum Gasteiger partial charge on any atom is -0.153 e. The monoisotopic (exact) mass is 608 g/mol. The topological polar surface area (TPSA) is 173 Å². The zero-order valence-electron chi connectivity index (χ0n) is 6.55. The van der Waals surface area contributed by atoms with Crippen LogP contribution < -0.4 is 0 Å². The predicted molar refractivity (Wildman–Crippen MR) is 54.8 cm³/mol. The Morgan fingerprint density at radius 1 is 0.500 bits per heavy atom. The summed E-state index contributed by atoms with van der Waals surface area (Å²) < 4.78 is 69.8. The first-order valence-corrected chi connectivity index (χ1v) is 10.7. The minimum atomic E-state index is -3.61. The summed E-state index contributed by atoms with van der Waals surface area (Å²) in [4.78, 5) is 0. The first-order chi connectivity index (χ1) is 5.20. The molecule has 0 amide bonds. The van der Waals surface area contributed by atoms with E-state index in [9.17, 15) is 0 Å².